The second-order valence-electron chi connectivity index (χ2n) is 12.3. The van der Waals surface area contributed by atoms with Gasteiger partial charge in [0.2, 0.25) is 25.4 Å². The van der Waals surface area contributed by atoms with E-state index in [4.69, 9.17) is 18.9 Å². The molecule has 3 amide bonds. The number of likely N-dealkylation sites (N-methyl/N-ethyl adjacent to an activating group) is 1. The molecule has 254 valence electrons. The molecular weight excluding hydrogens is 634 g/mol. The number of carbonyl (C=O) groups excluding carboxylic acids is 6. The first-order valence-electron chi connectivity index (χ1n) is 15.5. The van der Waals surface area contributed by atoms with E-state index in [9.17, 15) is 33.9 Å². The number of aliphatic hydroxyl groups excluding tert-OH is 1. The number of amides is 3. The van der Waals surface area contributed by atoms with Gasteiger partial charge in [0.1, 0.15) is 11.7 Å². The molecule has 3 fully saturated rings. The summed E-state index contributed by atoms with van der Waals surface area (Å²) >= 11 is 1.25. The molecule has 14 nitrogen and oxygen atoms in total. The van der Waals surface area contributed by atoms with Crippen molar-refractivity contribution >= 4 is 47.6 Å². The lowest BCUT2D eigenvalue weighted by atomic mass is 9.79. The highest BCUT2D eigenvalue weighted by Crippen LogP contribution is 2.52. The predicted octanol–water partition coefficient (Wildman–Crippen LogP) is 2.11. The van der Waals surface area contributed by atoms with Crippen LogP contribution in [0.25, 0.3) is 0 Å². The van der Waals surface area contributed by atoms with Gasteiger partial charge in [-0.2, -0.15) is 0 Å². The number of esters is 3. The van der Waals surface area contributed by atoms with Gasteiger partial charge in [0.05, 0.1) is 29.5 Å². The van der Waals surface area contributed by atoms with Crippen molar-refractivity contribution in [3.63, 3.8) is 0 Å². The minimum Gasteiger partial charge on any atom is -0.428 e. The Bertz CT molecular complexity index is 1440. The van der Waals surface area contributed by atoms with Gasteiger partial charge in [-0.3, -0.25) is 19.3 Å². The minimum atomic E-state index is -0.961. The van der Waals surface area contributed by atoms with Crippen molar-refractivity contribution in [1.29, 1.82) is 0 Å². The Labute approximate surface area is 276 Å². The molecule has 1 N–H and O–H groups in total. The van der Waals surface area contributed by atoms with Crippen LogP contribution in [-0.4, -0.2) is 113 Å². The van der Waals surface area contributed by atoms with Gasteiger partial charge in [-0.05, 0) is 38.3 Å². The summed E-state index contributed by atoms with van der Waals surface area (Å²) in [4.78, 5) is 81.7. The van der Waals surface area contributed by atoms with Crippen LogP contribution in [-0.2, 0) is 38.1 Å². The largest absolute Gasteiger partial charge is 0.428 e. The van der Waals surface area contributed by atoms with E-state index in [2.05, 4.69) is 0 Å². The monoisotopic (exact) mass is 673 g/mol. The van der Waals surface area contributed by atoms with Gasteiger partial charge in [0, 0.05) is 36.7 Å². The van der Waals surface area contributed by atoms with E-state index < -0.39 is 72.8 Å². The lowest BCUT2D eigenvalue weighted by Crippen LogP contribution is -2.63. The average Bonchev–Trinajstić information content (AvgIpc) is 3.53. The summed E-state index contributed by atoms with van der Waals surface area (Å²) in [6.45, 7) is 2.15. The molecule has 5 rings (SSSR count). The van der Waals surface area contributed by atoms with Crippen LogP contribution in [0.3, 0.4) is 0 Å². The average molecular weight is 674 g/mol. The highest BCUT2D eigenvalue weighted by Gasteiger charge is 2.60. The van der Waals surface area contributed by atoms with Crippen molar-refractivity contribution in [2.45, 2.75) is 63.0 Å². The number of thioether (sulfide) groups is 1. The normalized spacial score (nSPS) is 25.7. The predicted molar refractivity (Wildman–Crippen MR) is 165 cm³/mol. The molecule has 3 heterocycles. The quantitative estimate of drug-likeness (QED) is 0.207. The van der Waals surface area contributed by atoms with Crippen LogP contribution in [0.5, 0.6) is 0 Å². The molecule has 0 radical (unpaired) electrons. The van der Waals surface area contributed by atoms with Gasteiger partial charge in [0.15, 0.2) is 0 Å². The zero-order valence-corrected chi connectivity index (χ0v) is 27.5. The molecule has 6 atom stereocenters. The Morgan fingerprint density at radius 2 is 1.66 bits per heavy atom. The Hall–Kier alpha value is -4.11. The molecule has 0 spiro atoms. The summed E-state index contributed by atoms with van der Waals surface area (Å²) < 4.78 is 20.7. The Balaban J connectivity index is 1.30. The van der Waals surface area contributed by atoms with Crippen LogP contribution in [0, 0.1) is 17.8 Å². The summed E-state index contributed by atoms with van der Waals surface area (Å²) in [6.07, 6.45) is 0.852. The van der Waals surface area contributed by atoms with E-state index >= 15 is 0 Å². The fourth-order valence-corrected chi connectivity index (χ4v) is 7.83. The molecule has 1 unspecified atom stereocenters. The van der Waals surface area contributed by atoms with Gasteiger partial charge in [-0.1, -0.05) is 31.5 Å². The van der Waals surface area contributed by atoms with E-state index in [1.807, 2.05) is 6.92 Å². The summed E-state index contributed by atoms with van der Waals surface area (Å²) in [5.74, 6) is -4.08. The van der Waals surface area contributed by atoms with Crippen LogP contribution < -0.4 is 0 Å². The number of carbonyl (C=O) groups is 6. The molecule has 2 saturated heterocycles. The molecule has 1 saturated carbocycles. The van der Waals surface area contributed by atoms with Crippen molar-refractivity contribution in [1.82, 2.24) is 14.7 Å². The molecule has 3 aliphatic heterocycles. The molecule has 1 aromatic rings. The van der Waals surface area contributed by atoms with Gasteiger partial charge in [-0.25, -0.2) is 14.4 Å². The topological polar surface area (TPSA) is 169 Å². The number of aliphatic hydroxyl groups is 1. The van der Waals surface area contributed by atoms with Crippen LogP contribution in [0.4, 0.5) is 4.79 Å². The van der Waals surface area contributed by atoms with Crippen LogP contribution in [0.2, 0.25) is 0 Å². The number of β-lactam (4-membered cyclic amide) rings is 1. The molecular formula is C32H39N3O11S. The second-order valence-corrected chi connectivity index (χ2v) is 13.7. The number of likely N-dealkylation sites (tertiary alicyclic amines) is 1. The highest BCUT2D eigenvalue weighted by atomic mass is 32.2. The molecule has 4 aliphatic rings. The van der Waals surface area contributed by atoms with E-state index in [1.54, 1.807) is 44.4 Å². The summed E-state index contributed by atoms with van der Waals surface area (Å²) in [7, 11) is 3.14. The fourth-order valence-electron chi connectivity index (χ4n) is 6.31. The number of ether oxygens (including phenoxy) is 4. The molecule has 0 aromatic heterocycles. The number of fused-ring (bicyclic) bond motifs is 1. The van der Waals surface area contributed by atoms with Gasteiger partial charge in [0.25, 0.3) is 0 Å². The Morgan fingerprint density at radius 1 is 1.00 bits per heavy atom. The van der Waals surface area contributed by atoms with Crippen molar-refractivity contribution in [3.8, 4) is 0 Å². The molecule has 1 aromatic carbocycles. The van der Waals surface area contributed by atoms with Crippen molar-refractivity contribution < 1.29 is 52.8 Å². The molecule has 0 bridgehead atoms. The summed E-state index contributed by atoms with van der Waals surface area (Å²) in [5, 5.41) is 9.93. The summed E-state index contributed by atoms with van der Waals surface area (Å²) in [5.41, 5.74) is 0.249. The molecule has 15 heteroatoms. The third kappa shape index (κ3) is 6.96. The third-order valence-electron chi connectivity index (χ3n) is 9.03. The third-order valence-corrected chi connectivity index (χ3v) is 10.5. The standard InChI is InChI=1S/C32H39N3O11S/c1-17-24-23(18(2)36)28(38)35(24)25(31(41)45-15-43-29(39)19-9-6-5-7-10-19)26(17)47-21-13-22(27(37)33(3)4)34(14-21)32(42)46-16-44-30(40)20-11-8-12-20/h5-7,9-10,17-18,20-24,36H,8,11-16H2,1-4H3/t17-,18?,21+,22+,23-,24-/m1/s1. The van der Waals surface area contributed by atoms with Crippen LogP contribution in [0.15, 0.2) is 40.9 Å². The van der Waals surface area contributed by atoms with Crippen LogP contribution in [0.1, 0.15) is 49.9 Å². The highest BCUT2D eigenvalue weighted by molar-refractivity contribution is 8.03. The van der Waals surface area contributed by atoms with E-state index in [1.165, 1.54) is 33.4 Å². The fraction of sp³-hybridized carbons (Fsp3) is 0.562. The number of benzene rings is 1. The smallest absolute Gasteiger partial charge is 0.413 e. The lowest BCUT2D eigenvalue weighted by Gasteiger charge is -2.46. The maximum absolute atomic E-state index is 13.5. The van der Waals surface area contributed by atoms with E-state index in [-0.39, 0.29) is 42.0 Å². The van der Waals surface area contributed by atoms with E-state index in [0.29, 0.717) is 4.91 Å². The first kappa shape index (κ1) is 34.2. The first-order valence-corrected chi connectivity index (χ1v) is 16.4. The number of rotatable bonds is 11. The van der Waals surface area contributed by atoms with Gasteiger partial charge >= 0.3 is 24.0 Å². The van der Waals surface area contributed by atoms with Crippen LogP contribution >= 0.6 is 11.8 Å². The number of hydrogen-bond acceptors (Lipinski definition) is 12. The zero-order valence-electron chi connectivity index (χ0n) is 26.7. The zero-order chi connectivity index (χ0) is 34.0. The van der Waals surface area contributed by atoms with Crippen molar-refractivity contribution in [2.75, 3.05) is 34.2 Å². The molecule has 47 heavy (non-hydrogen) atoms. The second kappa shape index (κ2) is 14.3. The SMILES string of the molecule is CC(O)[C@H]1C(=O)N2C(C(=O)OCOC(=O)c3ccccc3)=C(S[C@H]3C[C@@H](C(=O)N(C)C)N(C(=O)OCOC(=O)C4CCC4)C3)[C@H](C)[C@H]12. The summed E-state index contributed by atoms with van der Waals surface area (Å²) in [6, 6.07) is 6.78. The van der Waals surface area contributed by atoms with Crippen molar-refractivity contribution in [2.24, 2.45) is 17.8 Å². The van der Waals surface area contributed by atoms with Gasteiger partial charge in [-0.15, -0.1) is 11.8 Å². The number of nitrogens with zero attached hydrogens (tertiary/aromatic N) is 3. The Morgan fingerprint density at radius 3 is 2.28 bits per heavy atom. The van der Waals surface area contributed by atoms with Gasteiger partial charge < -0.3 is 33.9 Å². The van der Waals surface area contributed by atoms with Crippen molar-refractivity contribution in [3.05, 3.63) is 46.5 Å². The lowest BCUT2D eigenvalue weighted by molar-refractivity contribution is -0.166. The number of hydrogen-bond donors (Lipinski definition) is 1. The Kier molecular flexibility index (Phi) is 10.4. The maximum atomic E-state index is 13.5. The molecule has 1 aliphatic carbocycles. The minimum absolute atomic E-state index is 0.0235. The maximum Gasteiger partial charge on any atom is 0.413 e. The first-order chi connectivity index (χ1) is 22.4. The van der Waals surface area contributed by atoms with E-state index in [0.717, 1.165) is 19.3 Å².